The van der Waals surface area contributed by atoms with Gasteiger partial charge in [0.05, 0.1) is 18.6 Å². The molecule has 0 radical (unpaired) electrons. The second-order valence-corrected chi connectivity index (χ2v) is 4.57. The molecule has 0 amide bonds. The Balaban J connectivity index is 1.89. The first kappa shape index (κ1) is 13.2. The Morgan fingerprint density at radius 2 is 1.90 bits per heavy atom. The normalized spacial score (nSPS) is 10.5. The summed E-state index contributed by atoms with van der Waals surface area (Å²) in [5.41, 5.74) is 1.06. The Labute approximate surface area is 121 Å². The van der Waals surface area contributed by atoms with Crippen LogP contribution in [0.4, 0.5) is 0 Å². The molecule has 0 spiro atoms. The fraction of sp³-hybridized carbons (Fsp3) is 0.118. The van der Waals surface area contributed by atoms with Gasteiger partial charge in [-0.2, -0.15) is 0 Å². The number of hydrogen-bond donors (Lipinski definition) is 0. The lowest BCUT2D eigenvalue weighted by Gasteiger charge is -2.09. The molecule has 0 fully saturated rings. The molecule has 1 heterocycles. The van der Waals surface area contributed by atoms with Gasteiger partial charge in [-0.1, -0.05) is 24.3 Å². The lowest BCUT2D eigenvalue weighted by molar-refractivity contribution is 0.306. The summed E-state index contributed by atoms with van der Waals surface area (Å²) in [6.45, 7) is 0.352. The quantitative estimate of drug-likeness (QED) is 0.688. The summed E-state index contributed by atoms with van der Waals surface area (Å²) in [6.07, 6.45) is 0. The summed E-state index contributed by atoms with van der Waals surface area (Å²) in [5.74, 6) is 1.29. The molecular formula is C17H14O4. The van der Waals surface area contributed by atoms with Crippen molar-refractivity contribution in [3.05, 3.63) is 70.6 Å². The van der Waals surface area contributed by atoms with E-state index in [1.54, 1.807) is 13.2 Å². The first-order chi connectivity index (χ1) is 10.3. The zero-order chi connectivity index (χ0) is 14.7. The van der Waals surface area contributed by atoms with Gasteiger partial charge in [-0.05, 0) is 29.8 Å². The van der Waals surface area contributed by atoms with Gasteiger partial charge in [0.25, 0.3) is 0 Å². The van der Waals surface area contributed by atoms with E-state index in [0.29, 0.717) is 17.9 Å². The monoisotopic (exact) mass is 282 g/mol. The van der Waals surface area contributed by atoms with Crippen LogP contribution in [-0.4, -0.2) is 7.11 Å². The van der Waals surface area contributed by atoms with Crippen LogP contribution in [0.2, 0.25) is 0 Å². The molecule has 0 aliphatic rings. The van der Waals surface area contributed by atoms with E-state index in [4.69, 9.17) is 13.9 Å². The average Bonchev–Trinajstić information content (AvgIpc) is 2.52. The third-order valence-electron chi connectivity index (χ3n) is 3.14. The third-order valence-corrected chi connectivity index (χ3v) is 3.14. The van der Waals surface area contributed by atoms with Crippen molar-refractivity contribution in [2.75, 3.05) is 7.11 Å². The maximum Gasteiger partial charge on any atom is 0.339 e. The van der Waals surface area contributed by atoms with E-state index in [1.165, 1.54) is 6.07 Å². The lowest BCUT2D eigenvalue weighted by Crippen LogP contribution is -2.02. The molecule has 3 rings (SSSR count). The molecule has 2 aromatic carbocycles. The first-order valence-corrected chi connectivity index (χ1v) is 6.55. The van der Waals surface area contributed by atoms with Gasteiger partial charge in [0, 0.05) is 0 Å². The van der Waals surface area contributed by atoms with Crippen molar-refractivity contribution < 1.29 is 13.9 Å². The van der Waals surface area contributed by atoms with Gasteiger partial charge < -0.3 is 13.9 Å². The van der Waals surface area contributed by atoms with E-state index in [1.807, 2.05) is 42.5 Å². The molecule has 3 aromatic rings. The summed E-state index contributed by atoms with van der Waals surface area (Å²) < 4.78 is 16.1. The van der Waals surface area contributed by atoms with Crippen LogP contribution >= 0.6 is 0 Å². The summed E-state index contributed by atoms with van der Waals surface area (Å²) >= 11 is 0. The van der Waals surface area contributed by atoms with Crippen molar-refractivity contribution >= 4 is 11.0 Å². The highest BCUT2D eigenvalue weighted by atomic mass is 16.5. The van der Waals surface area contributed by atoms with Crippen LogP contribution in [0.15, 0.2) is 63.8 Å². The van der Waals surface area contributed by atoms with Crippen molar-refractivity contribution in [1.29, 1.82) is 0 Å². The molecule has 0 saturated carbocycles. The third kappa shape index (κ3) is 2.89. The second kappa shape index (κ2) is 5.71. The van der Waals surface area contributed by atoms with Gasteiger partial charge in [-0.3, -0.25) is 0 Å². The molecule has 0 aliphatic heterocycles. The first-order valence-electron chi connectivity index (χ1n) is 6.55. The Kier molecular flexibility index (Phi) is 3.60. The SMILES string of the molecule is COc1cccc(COc2cc(=O)oc3ccccc23)c1. The average molecular weight is 282 g/mol. The van der Waals surface area contributed by atoms with Crippen molar-refractivity contribution in [2.24, 2.45) is 0 Å². The highest BCUT2D eigenvalue weighted by Gasteiger charge is 2.06. The molecule has 0 saturated heterocycles. The van der Waals surface area contributed by atoms with E-state index < -0.39 is 5.63 Å². The number of fused-ring (bicyclic) bond motifs is 1. The highest BCUT2D eigenvalue weighted by Crippen LogP contribution is 2.24. The van der Waals surface area contributed by atoms with E-state index >= 15 is 0 Å². The van der Waals surface area contributed by atoms with Crippen LogP contribution in [0, 0.1) is 0 Å². The van der Waals surface area contributed by atoms with Crippen LogP contribution < -0.4 is 15.1 Å². The van der Waals surface area contributed by atoms with Crippen LogP contribution in [0.3, 0.4) is 0 Å². The minimum atomic E-state index is -0.422. The van der Waals surface area contributed by atoms with Gasteiger partial charge in [0.15, 0.2) is 0 Å². The summed E-state index contributed by atoms with van der Waals surface area (Å²) in [5, 5.41) is 0.778. The van der Waals surface area contributed by atoms with Crippen LogP contribution in [0.1, 0.15) is 5.56 Å². The molecule has 0 aliphatic carbocycles. The predicted molar refractivity (Wildman–Crippen MR) is 79.8 cm³/mol. The van der Waals surface area contributed by atoms with Crippen LogP contribution in [0.25, 0.3) is 11.0 Å². The number of rotatable bonds is 4. The molecule has 106 valence electrons. The summed E-state index contributed by atoms with van der Waals surface area (Å²) in [7, 11) is 1.62. The molecule has 4 heteroatoms. The topological polar surface area (TPSA) is 48.7 Å². The number of benzene rings is 2. The fourth-order valence-corrected chi connectivity index (χ4v) is 2.12. The molecule has 21 heavy (non-hydrogen) atoms. The highest BCUT2D eigenvalue weighted by molar-refractivity contribution is 5.82. The van der Waals surface area contributed by atoms with Crippen LogP contribution in [0.5, 0.6) is 11.5 Å². The molecule has 0 unspecified atom stereocenters. The number of para-hydroxylation sites is 1. The van der Waals surface area contributed by atoms with Crippen molar-refractivity contribution in [2.45, 2.75) is 6.61 Å². The Hall–Kier alpha value is -2.75. The smallest absolute Gasteiger partial charge is 0.339 e. The Bertz CT molecular complexity index is 820. The standard InChI is InChI=1S/C17H14O4/c1-19-13-6-4-5-12(9-13)11-20-16-10-17(18)21-15-8-3-2-7-14(15)16/h2-10H,11H2,1H3. The Morgan fingerprint density at radius 1 is 1.05 bits per heavy atom. The molecule has 4 nitrogen and oxygen atoms in total. The molecular weight excluding hydrogens is 268 g/mol. The maximum absolute atomic E-state index is 11.5. The molecule has 0 N–H and O–H groups in total. The largest absolute Gasteiger partial charge is 0.497 e. The number of hydrogen-bond acceptors (Lipinski definition) is 4. The summed E-state index contributed by atoms with van der Waals surface area (Å²) in [6, 6.07) is 16.3. The van der Waals surface area contributed by atoms with E-state index in [-0.39, 0.29) is 0 Å². The van der Waals surface area contributed by atoms with Gasteiger partial charge in [0.2, 0.25) is 0 Å². The zero-order valence-electron chi connectivity index (χ0n) is 11.5. The van der Waals surface area contributed by atoms with Gasteiger partial charge in [-0.15, -0.1) is 0 Å². The van der Waals surface area contributed by atoms with Crippen molar-refractivity contribution in [1.82, 2.24) is 0 Å². The van der Waals surface area contributed by atoms with Gasteiger partial charge in [0.1, 0.15) is 23.7 Å². The molecule has 1 aromatic heterocycles. The molecule has 0 bridgehead atoms. The molecule has 0 atom stereocenters. The lowest BCUT2D eigenvalue weighted by atomic mass is 10.2. The second-order valence-electron chi connectivity index (χ2n) is 4.57. The minimum Gasteiger partial charge on any atom is -0.497 e. The van der Waals surface area contributed by atoms with Crippen LogP contribution in [-0.2, 0) is 6.61 Å². The zero-order valence-corrected chi connectivity index (χ0v) is 11.5. The van der Waals surface area contributed by atoms with Crippen molar-refractivity contribution in [3.8, 4) is 11.5 Å². The Morgan fingerprint density at radius 3 is 2.76 bits per heavy atom. The van der Waals surface area contributed by atoms with Gasteiger partial charge in [-0.25, -0.2) is 4.79 Å². The summed E-state index contributed by atoms with van der Waals surface area (Å²) in [4.78, 5) is 11.5. The van der Waals surface area contributed by atoms with E-state index in [2.05, 4.69) is 0 Å². The minimum absolute atomic E-state index is 0.352. The van der Waals surface area contributed by atoms with Crippen molar-refractivity contribution in [3.63, 3.8) is 0 Å². The number of ether oxygens (including phenoxy) is 2. The number of methoxy groups -OCH3 is 1. The maximum atomic E-state index is 11.5. The van der Waals surface area contributed by atoms with E-state index in [0.717, 1.165) is 16.7 Å². The van der Waals surface area contributed by atoms with E-state index in [9.17, 15) is 4.79 Å². The van der Waals surface area contributed by atoms with Gasteiger partial charge >= 0.3 is 5.63 Å². The fourth-order valence-electron chi connectivity index (χ4n) is 2.12. The predicted octanol–water partition coefficient (Wildman–Crippen LogP) is 3.38.